The maximum absolute atomic E-state index is 12.9. The van der Waals surface area contributed by atoms with Crippen LogP contribution in [0.25, 0.3) is 11.3 Å². The van der Waals surface area contributed by atoms with E-state index in [1.54, 1.807) is 30.3 Å². The van der Waals surface area contributed by atoms with Crippen LogP contribution in [-0.2, 0) is 4.79 Å². The van der Waals surface area contributed by atoms with E-state index in [2.05, 4.69) is 15.6 Å². The quantitative estimate of drug-likeness (QED) is 0.239. The molecule has 7 nitrogen and oxygen atoms in total. The zero-order chi connectivity index (χ0) is 26.4. The van der Waals surface area contributed by atoms with Gasteiger partial charge in [-0.1, -0.05) is 35.9 Å². The second-order valence-electron chi connectivity index (χ2n) is 8.17. The molecule has 0 aliphatic heterocycles. The van der Waals surface area contributed by atoms with Gasteiger partial charge in [0.2, 0.25) is 5.91 Å². The number of ether oxygens (including phenoxy) is 2. The van der Waals surface area contributed by atoms with Crippen LogP contribution in [0.5, 0.6) is 11.5 Å². The molecule has 0 bridgehead atoms. The van der Waals surface area contributed by atoms with Crippen LogP contribution in [0.4, 0.5) is 10.8 Å². The van der Waals surface area contributed by atoms with Gasteiger partial charge >= 0.3 is 0 Å². The number of carbonyl (C=O) groups is 2. The number of rotatable bonds is 9. The summed E-state index contributed by atoms with van der Waals surface area (Å²) in [5.74, 6) is 0.386. The van der Waals surface area contributed by atoms with E-state index in [-0.39, 0.29) is 17.1 Å². The SMILES string of the molecule is COc1cccc(OC)c1C(=O)Nc1ccc(SC(C)C(=O)Nc2nc(-c3ccc(C)cc3)cs2)cc1. The normalized spacial score (nSPS) is 11.5. The predicted molar refractivity (Wildman–Crippen MR) is 150 cm³/mol. The van der Waals surface area contributed by atoms with E-state index < -0.39 is 0 Å². The molecule has 4 rings (SSSR count). The van der Waals surface area contributed by atoms with Gasteiger partial charge in [0.25, 0.3) is 5.91 Å². The number of aromatic nitrogens is 1. The van der Waals surface area contributed by atoms with Crippen molar-refractivity contribution in [2.24, 2.45) is 0 Å². The van der Waals surface area contributed by atoms with E-state index in [4.69, 9.17) is 9.47 Å². The lowest BCUT2D eigenvalue weighted by molar-refractivity contribution is -0.115. The van der Waals surface area contributed by atoms with Crippen LogP contribution in [0.15, 0.2) is 77.0 Å². The number of amides is 2. The number of hydrogen-bond acceptors (Lipinski definition) is 7. The molecule has 1 aromatic heterocycles. The highest BCUT2D eigenvalue weighted by molar-refractivity contribution is 8.00. The number of benzene rings is 3. The van der Waals surface area contributed by atoms with Crippen LogP contribution < -0.4 is 20.1 Å². The summed E-state index contributed by atoms with van der Waals surface area (Å²) in [6, 6.07) is 20.6. The predicted octanol–water partition coefficient (Wildman–Crippen LogP) is 6.51. The first-order valence-electron chi connectivity index (χ1n) is 11.5. The molecular formula is C28H27N3O4S2. The highest BCUT2D eigenvalue weighted by Crippen LogP contribution is 2.31. The van der Waals surface area contributed by atoms with Crippen molar-refractivity contribution in [1.29, 1.82) is 0 Å². The maximum atomic E-state index is 12.9. The van der Waals surface area contributed by atoms with Crippen LogP contribution in [0.1, 0.15) is 22.8 Å². The zero-order valence-electron chi connectivity index (χ0n) is 20.9. The van der Waals surface area contributed by atoms with Crippen molar-refractivity contribution in [2.45, 2.75) is 24.0 Å². The molecule has 0 spiro atoms. The molecule has 1 heterocycles. The third kappa shape index (κ3) is 6.49. The number of hydrogen-bond donors (Lipinski definition) is 2. The molecule has 37 heavy (non-hydrogen) atoms. The summed E-state index contributed by atoms with van der Waals surface area (Å²) < 4.78 is 10.6. The molecule has 3 aromatic carbocycles. The maximum Gasteiger partial charge on any atom is 0.263 e. The highest BCUT2D eigenvalue weighted by atomic mass is 32.2. The molecular weight excluding hydrogens is 506 g/mol. The molecule has 1 unspecified atom stereocenters. The van der Waals surface area contributed by atoms with Gasteiger partial charge < -0.3 is 20.1 Å². The molecule has 0 radical (unpaired) electrons. The third-order valence-electron chi connectivity index (χ3n) is 5.53. The molecule has 9 heteroatoms. The van der Waals surface area contributed by atoms with Crippen LogP contribution >= 0.6 is 23.1 Å². The van der Waals surface area contributed by atoms with Gasteiger partial charge in [0.1, 0.15) is 17.1 Å². The number of carbonyl (C=O) groups excluding carboxylic acids is 2. The van der Waals surface area contributed by atoms with E-state index in [1.807, 2.05) is 55.6 Å². The average Bonchev–Trinajstić information content (AvgIpc) is 3.37. The van der Waals surface area contributed by atoms with Crippen molar-refractivity contribution in [2.75, 3.05) is 24.9 Å². The fourth-order valence-electron chi connectivity index (χ4n) is 3.54. The lowest BCUT2D eigenvalue weighted by Gasteiger charge is -2.14. The summed E-state index contributed by atoms with van der Waals surface area (Å²) in [4.78, 5) is 31.1. The van der Waals surface area contributed by atoms with Crippen molar-refractivity contribution in [3.63, 3.8) is 0 Å². The second-order valence-corrected chi connectivity index (χ2v) is 10.4. The molecule has 0 fully saturated rings. The van der Waals surface area contributed by atoms with Gasteiger partial charge in [-0.15, -0.1) is 23.1 Å². The molecule has 0 saturated carbocycles. The molecule has 4 aromatic rings. The van der Waals surface area contributed by atoms with Crippen molar-refractivity contribution in [1.82, 2.24) is 4.98 Å². The second kappa shape index (κ2) is 11.9. The van der Waals surface area contributed by atoms with E-state index in [9.17, 15) is 9.59 Å². The van der Waals surface area contributed by atoms with Gasteiger partial charge in [0.05, 0.1) is 25.2 Å². The van der Waals surface area contributed by atoms with Crippen molar-refractivity contribution in [3.05, 3.63) is 83.2 Å². The van der Waals surface area contributed by atoms with Gasteiger partial charge in [0, 0.05) is 21.5 Å². The van der Waals surface area contributed by atoms with Gasteiger partial charge in [-0.25, -0.2) is 4.98 Å². The van der Waals surface area contributed by atoms with Crippen LogP contribution in [-0.4, -0.2) is 36.3 Å². The fourth-order valence-corrected chi connectivity index (χ4v) is 5.13. The molecule has 0 saturated heterocycles. The molecule has 0 aliphatic rings. The van der Waals surface area contributed by atoms with Crippen LogP contribution in [0, 0.1) is 6.92 Å². The number of aryl methyl sites for hydroxylation is 1. The molecule has 2 N–H and O–H groups in total. The van der Waals surface area contributed by atoms with Gasteiger partial charge in [-0.2, -0.15) is 0 Å². The molecule has 190 valence electrons. The minimum absolute atomic E-state index is 0.129. The minimum Gasteiger partial charge on any atom is -0.496 e. The van der Waals surface area contributed by atoms with E-state index >= 15 is 0 Å². The third-order valence-corrected chi connectivity index (χ3v) is 7.40. The number of nitrogens with zero attached hydrogens (tertiary/aromatic N) is 1. The Bertz CT molecular complexity index is 1360. The summed E-state index contributed by atoms with van der Waals surface area (Å²) in [5.41, 5.74) is 3.98. The van der Waals surface area contributed by atoms with E-state index in [0.29, 0.717) is 27.9 Å². The largest absolute Gasteiger partial charge is 0.496 e. The average molecular weight is 534 g/mol. The number of methoxy groups -OCH3 is 2. The van der Waals surface area contributed by atoms with Crippen molar-refractivity contribution >= 4 is 45.7 Å². The van der Waals surface area contributed by atoms with Gasteiger partial charge in [0.15, 0.2) is 5.13 Å². The minimum atomic E-state index is -0.343. The Morgan fingerprint density at radius 2 is 1.57 bits per heavy atom. The van der Waals surface area contributed by atoms with Gasteiger partial charge in [-0.05, 0) is 50.2 Å². The first-order valence-corrected chi connectivity index (χ1v) is 13.3. The molecule has 0 aliphatic carbocycles. The Balaban J connectivity index is 1.35. The first-order chi connectivity index (χ1) is 17.9. The lowest BCUT2D eigenvalue weighted by atomic mass is 10.1. The Hall–Kier alpha value is -3.82. The number of anilines is 2. The number of thioether (sulfide) groups is 1. The summed E-state index contributed by atoms with van der Waals surface area (Å²) >= 11 is 2.83. The summed E-state index contributed by atoms with van der Waals surface area (Å²) in [6.07, 6.45) is 0. The summed E-state index contributed by atoms with van der Waals surface area (Å²) in [6.45, 7) is 3.89. The van der Waals surface area contributed by atoms with Crippen molar-refractivity contribution in [3.8, 4) is 22.8 Å². The van der Waals surface area contributed by atoms with Gasteiger partial charge in [-0.3, -0.25) is 9.59 Å². The fraction of sp³-hybridized carbons (Fsp3) is 0.179. The molecule has 2 amide bonds. The highest BCUT2D eigenvalue weighted by Gasteiger charge is 2.19. The Morgan fingerprint density at radius 3 is 2.19 bits per heavy atom. The van der Waals surface area contributed by atoms with E-state index in [0.717, 1.165) is 16.2 Å². The summed E-state index contributed by atoms with van der Waals surface area (Å²) in [5, 5.41) is 7.94. The Labute approximate surface area is 224 Å². The topological polar surface area (TPSA) is 89.5 Å². The summed E-state index contributed by atoms with van der Waals surface area (Å²) in [7, 11) is 3.01. The number of nitrogens with one attached hydrogen (secondary N) is 2. The Morgan fingerprint density at radius 1 is 0.919 bits per heavy atom. The van der Waals surface area contributed by atoms with E-state index in [1.165, 1.54) is 42.9 Å². The van der Waals surface area contributed by atoms with Crippen molar-refractivity contribution < 1.29 is 19.1 Å². The monoisotopic (exact) mass is 533 g/mol. The van der Waals surface area contributed by atoms with Crippen LogP contribution in [0.2, 0.25) is 0 Å². The number of thiazole rings is 1. The molecule has 1 atom stereocenters. The lowest BCUT2D eigenvalue weighted by Crippen LogP contribution is -2.22. The first kappa shape index (κ1) is 26.2. The zero-order valence-corrected chi connectivity index (χ0v) is 22.5. The standard InChI is InChI=1S/C28H27N3O4S2/c1-17-8-10-19(11-9-17)22-16-36-28(30-22)31-26(32)18(2)37-21-14-12-20(13-15-21)29-27(33)25-23(34-3)6-5-7-24(25)35-4/h5-16,18H,1-4H3,(H,29,33)(H,30,31,32). The smallest absolute Gasteiger partial charge is 0.263 e. The van der Waals surface area contributed by atoms with Crippen LogP contribution in [0.3, 0.4) is 0 Å². The Kier molecular flexibility index (Phi) is 8.47.